The molecular formula is C26H30N2O7. The molecule has 1 fully saturated rings. The third kappa shape index (κ3) is 5.63. The molecule has 4 rings (SSSR count). The number of nitrogens with one attached hydrogen (secondary N) is 1. The van der Waals surface area contributed by atoms with Gasteiger partial charge in [-0.05, 0) is 29.2 Å². The first-order valence-corrected chi connectivity index (χ1v) is 11.7. The molecule has 186 valence electrons. The Kier molecular flexibility index (Phi) is 7.67. The molecule has 1 aliphatic heterocycles. The third-order valence-corrected chi connectivity index (χ3v) is 6.46. The Labute approximate surface area is 204 Å². The lowest BCUT2D eigenvalue weighted by atomic mass is 9.98. The summed E-state index contributed by atoms with van der Waals surface area (Å²) in [5.74, 6) is -1.89. The highest BCUT2D eigenvalue weighted by molar-refractivity contribution is 5.89. The lowest BCUT2D eigenvalue weighted by Gasteiger charge is -2.33. The van der Waals surface area contributed by atoms with E-state index in [-0.39, 0.29) is 31.3 Å². The Bertz CT molecular complexity index is 1040. The molecule has 35 heavy (non-hydrogen) atoms. The van der Waals surface area contributed by atoms with Crippen molar-refractivity contribution < 1.29 is 33.7 Å². The topological polar surface area (TPSA) is 114 Å². The van der Waals surface area contributed by atoms with Gasteiger partial charge in [0.2, 0.25) is 5.91 Å². The van der Waals surface area contributed by atoms with Gasteiger partial charge in [-0.15, -0.1) is 0 Å². The molecule has 0 bridgehead atoms. The zero-order chi connectivity index (χ0) is 24.9. The van der Waals surface area contributed by atoms with Crippen LogP contribution in [0.25, 0.3) is 11.1 Å². The Morgan fingerprint density at radius 2 is 1.66 bits per heavy atom. The number of nitrogens with zero attached hydrogens (tertiary/aromatic N) is 1. The van der Waals surface area contributed by atoms with Gasteiger partial charge in [-0.2, -0.15) is 0 Å². The maximum Gasteiger partial charge on any atom is 0.407 e. The molecule has 2 aromatic rings. The van der Waals surface area contributed by atoms with Gasteiger partial charge in [0.15, 0.2) is 0 Å². The summed E-state index contributed by atoms with van der Waals surface area (Å²) >= 11 is 0. The number of rotatable bonds is 8. The van der Waals surface area contributed by atoms with Crippen molar-refractivity contribution in [3.8, 4) is 11.1 Å². The first kappa shape index (κ1) is 24.7. The average Bonchev–Trinajstić information content (AvgIpc) is 3.16. The van der Waals surface area contributed by atoms with Gasteiger partial charge in [-0.1, -0.05) is 48.5 Å². The second kappa shape index (κ2) is 10.9. The van der Waals surface area contributed by atoms with Crippen molar-refractivity contribution in [3.05, 3.63) is 59.7 Å². The van der Waals surface area contributed by atoms with Gasteiger partial charge in [-0.25, -0.2) is 4.79 Å². The minimum Gasteiger partial charge on any atom is -0.481 e. The lowest BCUT2D eigenvalue weighted by Crippen LogP contribution is -2.52. The number of fused-ring (bicyclic) bond motifs is 3. The number of carbonyl (C=O) groups excluding carboxylic acids is 2. The van der Waals surface area contributed by atoms with Crippen LogP contribution in [0.5, 0.6) is 0 Å². The van der Waals surface area contributed by atoms with E-state index in [0.29, 0.717) is 13.2 Å². The molecule has 3 unspecified atom stereocenters. The van der Waals surface area contributed by atoms with Crippen molar-refractivity contribution in [1.82, 2.24) is 10.2 Å². The van der Waals surface area contributed by atoms with Crippen molar-refractivity contribution in [2.45, 2.75) is 37.5 Å². The van der Waals surface area contributed by atoms with Crippen LogP contribution < -0.4 is 5.32 Å². The van der Waals surface area contributed by atoms with Crippen molar-refractivity contribution in [2.75, 3.05) is 33.4 Å². The van der Waals surface area contributed by atoms with E-state index in [4.69, 9.17) is 14.2 Å². The van der Waals surface area contributed by atoms with E-state index in [0.717, 1.165) is 22.3 Å². The van der Waals surface area contributed by atoms with Crippen molar-refractivity contribution >= 4 is 18.0 Å². The molecule has 0 saturated carbocycles. The summed E-state index contributed by atoms with van der Waals surface area (Å²) in [6.07, 6.45) is -1.94. The molecule has 2 aliphatic rings. The summed E-state index contributed by atoms with van der Waals surface area (Å²) in [5.41, 5.74) is 4.31. The van der Waals surface area contributed by atoms with Gasteiger partial charge in [0.05, 0.1) is 25.7 Å². The van der Waals surface area contributed by atoms with Crippen LogP contribution in [-0.2, 0) is 23.8 Å². The molecule has 1 heterocycles. The highest BCUT2D eigenvalue weighted by atomic mass is 16.6. The van der Waals surface area contributed by atoms with Crippen molar-refractivity contribution in [2.24, 2.45) is 0 Å². The van der Waals surface area contributed by atoms with Crippen molar-refractivity contribution in [1.29, 1.82) is 0 Å². The fourth-order valence-electron chi connectivity index (χ4n) is 4.66. The van der Waals surface area contributed by atoms with Crippen LogP contribution >= 0.6 is 0 Å². The largest absolute Gasteiger partial charge is 0.481 e. The second-order valence-electron chi connectivity index (χ2n) is 8.82. The molecule has 2 N–H and O–H groups in total. The third-order valence-electron chi connectivity index (χ3n) is 6.46. The van der Waals surface area contributed by atoms with E-state index in [1.807, 2.05) is 55.5 Å². The van der Waals surface area contributed by atoms with E-state index >= 15 is 0 Å². The Morgan fingerprint density at radius 3 is 2.26 bits per heavy atom. The molecule has 0 aromatic heterocycles. The van der Waals surface area contributed by atoms with E-state index in [1.54, 1.807) is 7.05 Å². The number of carbonyl (C=O) groups is 3. The molecule has 1 saturated heterocycles. The molecule has 0 radical (unpaired) electrons. The lowest BCUT2D eigenvalue weighted by molar-refractivity contribution is -0.152. The summed E-state index contributed by atoms with van der Waals surface area (Å²) in [6, 6.07) is 14.6. The highest BCUT2D eigenvalue weighted by Gasteiger charge is 2.32. The number of likely N-dealkylation sites (N-methyl/N-ethyl adjacent to an activating group) is 1. The molecule has 2 aromatic carbocycles. The van der Waals surface area contributed by atoms with Crippen LogP contribution in [0.15, 0.2) is 48.5 Å². The standard InChI is InChI=1S/C26H30N2O7/c1-16-23(34-12-11-33-16)14-28(2)25(31)22(13-24(29)30)27-26(32)35-15-21-19-9-5-3-7-17(19)18-8-4-6-10-20(18)21/h3-10,16,21-23H,11-15H2,1-2H3,(H,27,32)(H,29,30). The number of carboxylic acids is 1. The van der Waals surface area contributed by atoms with E-state index in [2.05, 4.69) is 5.32 Å². The van der Waals surface area contributed by atoms with E-state index in [1.165, 1.54) is 4.90 Å². The SMILES string of the molecule is CC1OCCOC1CN(C)C(=O)C(CC(=O)O)NC(=O)OCC1c2ccccc2-c2ccccc21. The van der Waals surface area contributed by atoms with Crippen LogP contribution in [0.2, 0.25) is 0 Å². The summed E-state index contributed by atoms with van der Waals surface area (Å²) in [4.78, 5) is 38.4. The average molecular weight is 483 g/mol. The van der Waals surface area contributed by atoms with E-state index < -0.39 is 30.4 Å². The quantitative estimate of drug-likeness (QED) is 0.594. The van der Waals surface area contributed by atoms with Gasteiger partial charge in [-0.3, -0.25) is 9.59 Å². The number of alkyl carbamates (subject to hydrolysis) is 1. The monoisotopic (exact) mass is 482 g/mol. The van der Waals surface area contributed by atoms with Gasteiger partial charge in [0, 0.05) is 19.5 Å². The minimum atomic E-state index is -1.27. The Balaban J connectivity index is 1.39. The number of ether oxygens (including phenoxy) is 3. The molecule has 9 heteroatoms. The summed E-state index contributed by atoms with van der Waals surface area (Å²) in [6.45, 7) is 3.04. The first-order valence-electron chi connectivity index (χ1n) is 11.7. The normalized spacial score (nSPS) is 19.8. The predicted molar refractivity (Wildman–Crippen MR) is 127 cm³/mol. The molecule has 9 nitrogen and oxygen atoms in total. The smallest absolute Gasteiger partial charge is 0.407 e. The first-order chi connectivity index (χ1) is 16.8. The van der Waals surface area contributed by atoms with E-state index in [9.17, 15) is 19.5 Å². The minimum absolute atomic E-state index is 0.0639. The fraction of sp³-hybridized carbons (Fsp3) is 0.423. The Hall–Kier alpha value is -3.43. The van der Waals surface area contributed by atoms with Gasteiger partial charge in [0.25, 0.3) is 0 Å². The number of benzene rings is 2. The molecule has 2 amide bonds. The van der Waals surface area contributed by atoms with Crippen LogP contribution in [0.1, 0.15) is 30.4 Å². The molecule has 1 aliphatic carbocycles. The van der Waals surface area contributed by atoms with Crippen LogP contribution in [0.4, 0.5) is 4.79 Å². The summed E-state index contributed by atoms with van der Waals surface area (Å²) in [7, 11) is 1.54. The molecule has 0 spiro atoms. The number of amides is 2. The summed E-state index contributed by atoms with van der Waals surface area (Å²) < 4.78 is 16.7. The van der Waals surface area contributed by atoms with Crippen LogP contribution in [0, 0.1) is 0 Å². The van der Waals surface area contributed by atoms with Crippen LogP contribution in [-0.4, -0.2) is 79.6 Å². The summed E-state index contributed by atoms with van der Waals surface area (Å²) in [5, 5.41) is 11.7. The van der Waals surface area contributed by atoms with Gasteiger partial charge < -0.3 is 29.5 Å². The Morgan fingerprint density at radius 1 is 1.06 bits per heavy atom. The zero-order valence-corrected chi connectivity index (χ0v) is 19.8. The predicted octanol–water partition coefficient (Wildman–Crippen LogP) is 2.63. The zero-order valence-electron chi connectivity index (χ0n) is 19.8. The maximum atomic E-state index is 13.0. The molecule has 3 atom stereocenters. The van der Waals surface area contributed by atoms with Crippen LogP contribution in [0.3, 0.4) is 0 Å². The number of hydrogen-bond donors (Lipinski definition) is 2. The number of hydrogen-bond acceptors (Lipinski definition) is 6. The number of aliphatic carboxylic acids is 1. The van der Waals surface area contributed by atoms with Crippen molar-refractivity contribution in [3.63, 3.8) is 0 Å². The molecular weight excluding hydrogens is 452 g/mol. The van der Waals surface area contributed by atoms with Gasteiger partial charge >= 0.3 is 12.1 Å². The number of carboxylic acid groups (broad SMARTS) is 1. The maximum absolute atomic E-state index is 13.0. The fourth-order valence-corrected chi connectivity index (χ4v) is 4.66. The highest BCUT2D eigenvalue weighted by Crippen LogP contribution is 2.44. The van der Waals surface area contributed by atoms with Gasteiger partial charge in [0.1, 0.15) is 18.8 Å². The second-order valence-corrected chi connectivity index (χ2v) is 8.82.